The lowest BCUT2D eigenvalue weighted by Crippen LogP contribution is -2.24. The fraction of sp³-hybridized carbons (Fsp3) is 0.385. The van der Waals surface area contributed by atoms with Gasteiger partial charge in [-0.2, -0.15) is 0 Å². The normalized spacial score (nSPS) is 28.7. The smallest absolute Gasteiger partial charge is 0.128 e. The Morgan fingerprint density at radius 1 is 1.47 bits per heavy atom. The fourth-order valence-corrected chi connectivity index (χ4v) is 1.94. The third-order valence-corrected chi connectivity index (χ3v) is 3.35. The Morgan fingerprint density at radius 2 is 2.06 bits per heavy atom. The van der Waals surface area contributed by atoms with E-state index in [1.165, 1.54) is 0 Å². The van der Waals surface area contributed by atoms with E-state index < -0.39 is 5.54 Å². The molecular weight excluding hydrogens is 238 g/mol. The van der Waals surface area contributed by atoms with E-state index in [0.717, 1.165) is 5.56 Å². The van der Waals surface area contributed by atoms with E-state index in [0.29, 0.717) is 10.6 Å². The van der Waals surface area contributed by atoms with Crippen molar-refractivity contribution in [3.63, 3.8) is 0 Å². The summed E-state index contributed by atoms with van der Waals surface area (Å²) in [6, 6.07) is 7.41. The Kier molecular flexibility index (Phi) is 3.11. The summed E-state index contributed by atoms with van der Waals surface area (Å²) >= 11 is 5.81. The Hall–Kier alpha value is -1.12. The fourth-order valence-electron chi connectivity index (χ4n) is 1.81. The van der Waals surface area contributed by atoms with Gasteiger partial charge in [-0.3, -0.25) is 0 Å². The van der Waals surface area contributed by atoms with Crippen LogP contribution in [0.1, 0.15) is 25.5 Å². The van der Waals surface area contributed by atoms with E-state index >= 15 is 0 Å². The van der Waals surface area contributed by atoms with E-state index in [-0.39, 0.29) is 12.2 Å². The average Bonchev–Trinajstić information content (AvgIpc) is 2.80. The lowest BCUT2D eigenvalue weighted by molar-refractivity contribution is 0.0460. The van der Waals surface area contributed by atoms with Gasteiger partial charge in [0.25, 0.3) is 0 Å². The van der Waals surface area contributed by atoms with Crippen molar-refractivity contribution in [3.05, 3.63) is 40.4 Å². The molecule has 1 aromatic carbocycles. The summed E-state index contributed by atoms with van der Waals surface area (Å²) in [6.07, 6.45) is -0.461. The molecular formula is C13H14ClNO2. The Labute approximate surface area is 105 Å². The molecule has 0 saturated heterocycles. The summed E-state index contributed by atoms with van der Waals surface area (Å²) in [4.78, 5) is 10.6. The third-order valence-electron chi connectivity index (χ3n) is 3.09. The van der Waals surface area contributed by atoms with Gasteiger partial charge in [-0.15, -0.1) is 0 Å². The SMILES string of the molecule is CC(OC1C(=C=O)C1(C)N)c1ccc(Cl)cc1. The van der Waals surface area contributed by atoms with Crippen molar-refractivity contribution in [1.82, 2.24) is 0 Å². The number of ether oxygens (including phenoxy) is 1. The van der Waals surface area contributed by atoms with Crippen LogP contribution in [0.4, 0.5) is 0 Å². The molecule has 1 saturated carbocycles. The second-order valence-electron chi connectivity index (χ2n) is 4.51. The van der Waals surface area contributed by atoms with Crippen LogP contribution in [0, 0.1) is 0 Å². The highest BCUT2D eigenvalue weighted by Gasteiger charge is 2.57. The summed E-state index contributed by atoms with van der Waals surface area (Å²) < 4.78 is 5.74. The number of nitrogens with two attached hydrogens (primary N) is 1. The molecule has 0 aliphatic heterocycles. The Balaban J connectivity index is 2.06. The first-order valence-corrected chi connectivity index (χ1v) is 5.80. The second-order valence-corrected chi connectivity index (χ2v) is 4.94. The van der Waals surface area contributed by atoms with Crippen molar-refractivity contribution in [2.24, 2.45) is 5.73 Å². The predicted octanol–water partition coefficient (Wildman–Crippen LogP) is 2.28. The van der Waals surface area contributed by atoms with Gasteiger partial charge in [0.1, 0.15) is 12.0 Å². The molecule has 1 aliphatic carbocycles. The average molecular weight is 252 g/mol. The van der Waals surface area contributed by atoms with Crippen LogP contribution in [-0.4, -0.2) is 17.6 Å². The van der Waals surface area contributed by atoms with Gasteiger partial charge in [-0.1, -0.05) is 23.7 Å². The zero-order chi connectivity index (χ0) is 12.6. The highest BCUT2D eigenvalue weighted by atomic mass is 35.5. The van der Waals surface area contributed by atoms with Crippen molar-refractivity contribution in [2.75, 3.05) is 0 Å². The molecule has 4 heteroatoms. The molecule has 17 heavy (non-hydrogen) atoms. The van der Waals surface area contributed by atoms with Crippen molar-refractivity contribution < 1.29 is 9.53 Å². The van der Waals surface area contributed by atoms with Gasteiger partial charge in [-0.25, -0.2) is 4.79 Å². The van der Waals surface area contributed by atoms with Crippen LogP contribution in [-0.2, 0) is 9.53 Å². The maximum absolute atomic E-state index is 10.6. The molecule has 0 bridgehead atoms. The van der Waals surface area contributed by atoms with Crippen LogP contribution >= 0.6 is 11.6 Å². The largest absolute Gasteiger partial charge is 0.363 e. The molecule has 0 radical (unpaired) electrons. The number of carbonyl (C=O) groups excluding carboxylic acids is 1. The summed E-state index contributed by atoms with van der Waals surface area (Å²) in [5.41, 5.74) is 6.71. The number of rotatable bonds is 3. The second kappa shape index (κ2) is 4.28. The summed E-state index contributed by atoms with van der Waals surface area (Å²) in [7, 11) is 0. The van der Waals surface area contributed by atoms with Crippen molar-refractivity contribution >= 4 is 17.5 Å². The Morgan fingerprint density at radius 3 is 2.53 bits per heavy atom. The first kappa shape index (κ1) is 12.3. The van der Waals surface area contributed by atoms with Crippen LogP contribution in [0.25, 0.3) is 0 Å². The van der Waals surface area contributed by atoms with Crippen LogP contribution < -0.4 is 5.73 Å². The zero-order valence-corrected chi connectivity index (χ0v) is 10.5. The summed E-state index contributed by atoms with van der Waals surface area (Å²) in [5, 5.41) is 0.685. The van der Waals surface area contributed by atoms with E-state index in [1.54, 1.807) is 6.92 Å². The number of hydrogen-bond acceptors (Lipinski definition) is 3. The van der Waals surface area contributed by atoms with E-state index in [9.17, 15) is 4.79 Å². The summed E-state index contributed by atoms with van der Waals surface area (Å²) in [5.74, 6) is 1.84. The Bertz CT molecular complexity index is 475. The molecule has 1 fully saturated rings. The van der Waals surface area contributed by atoms with Gasteiger partial charge in [0.15, 0.2) is 0 Å². The molecule has 0 aromatic heterocycles. The monoisotopic (exact) mass is 251 g/mol. The molecule has 90 valence electrons. The van der Waals surface area contributed by atoms with Crippen molar-refractivity contribution in [2.45, 2.75) is 31.6 Å². The quantitative estimate of drug-likeness (QED) is 0.839. The lowest BCUT2D eigenvalue weighted by Gasteiger charge is -2.13. The molecule has 1 aliphatic rings. The van der Waals surface area contributed by atoms with Gasteiger partial charge >= 0.3 is 0 Å². The highest BCUT2D eigenvalue weighted by Crippen LogP contribution is 2.43. The zero-order valence-electron chi connectivity index (χ0n) is 9.74. The van der Waals surface area contributed by atoms with E-state index in [1.807, 2.05) is 37.1 Å². The minimum absolute atomic E-state index is 0.133. The minimum atomic E-state index is -0.664. The lowest BCUT2D eigenvalue weighted by atomic mass is 10.1. The molecule has 2 N–H and O–H groups in total. The number of hydrogen-bond donors (Lipinski definition) is 1. The molecule has 1 aromatic rings. The summed E-state index contributed by atoms with van der Waals surface area (Å²) in [6.45, 7) is 3.69. The van der Waals surface area contributed by atoms with Crippen LogP contribution in [0.3, 0.4) is 0 Å². The first-order valence-electron chi connectivity index (χ1n) is 5.42. The van der Waals surface area contributed by atoms with Gasteiger partial charge in [0, 0.05) is 5.02 Å². The molecule has 2 rings (SSSR count). The highest BCUT2D eigenvalue weighted by molar-refractivity contribution is 6.30. The van der Waals surface area contributed by atoms with Crippen molar-refractivity contribution in [1.29, 1.82) is 0 Å². The number of benzene rings is 1. The minimum Gasteiger partial charge on any atom is -0.363 e. The molecule has 0 spiro atoms. The van der Waals surface area contributed by atoms with Gasteiger partial charge < -0.3 is 10.5 Å². The van der Waals surface area contributed by atoms with Gasteiger partial charge in [0.2, 0.25) is 0 Å². The third kappa shape index (κ3) is 2.28. The maximum atomic E-state index is 10.6. The van der Waals surface area contributed by atoms with Gasteiger partial charge in [-0.05, 0) is 31.5 Å². The van der Waals surface area contributed by atoms with Crippen LogP contribution in [0.15, 0.2) is 29.8 Å². The number of halogens is 1. The molecule has 3 unspecified atom stereocenters. The standard InChI is InChI=1S/C13H14ClNO2/c1-8(9-3-5-10(14)6-4-9)17-12-11(7-16)13(12,2)15/h3-6,8,12H,15H2,1-2H3. The van der Waals surface area contributed by atoms with E-state index in [4.69, 9.17) is 22.1 Å². The van der Waals surface area contributed by atoms with Crippen molar-refractivity contribution in [3.8, 4) is 0 Å². The predicted molar refractivity (Wildman–Crippen MR) is 66.5 cm³/mol. The molecule has 0 amide bonds. The van der Waals surface area contributed by atoms with Crippen LogP contribution in [0.5, 0.6) is 0 Å². The topological polar surface area (TPSA) is 52.3 Å². The van der Waals surface area contributed by atoms with Gasteiger partial charge in [0.05, 0.1) is 17.2 Å². The molecule has 3 nitrogen and oxygen atoms in total. The maximum Gasteiger partial charge on any atom is 0.128 e. The first-order chi connectivity index (χ1) is 7.96. The molecule has 3 atom stereocenters. The van der Waals surface area contributed by atoms with E-state index in [2.05, 4.69) is 0 Å². The van der Waals surface area contributed by atoms with Crippen LogP contribution in [0.2, 0.25) is 5.02 Å². The molecule has 0 heterocycles.